The van der Waals surface area contributed by atoms with Crippen molar-refractivity contribution in [3.63, 3.8) is 0 Å². The van der Waals surface area contributed by atoms with E-state index in [4.69, 9.17) is 0 Å². The van der Waals surface area contributed by atoms with E-state index in [2.05, 4.69) is 5.73 Å². The Labute approximate surface area is 41.9 Å². The van der Waals surface area contributed by atoms with Crippen molar-refractivity contribution in [1.29, 1.82) is 0 Å². The van der Waals surface area contributed by atoms with Gasteiger partial charge < -0.3 is 16.7 Å². The monoisotopic (exact) mass is 109 g/mol. The lowest BCUT2D eigenvalue weighted by atomic mass is 10.5. The molecule has 0 aliphatic rings. The summed E-state index contributed by atoms with van der Waals surface area (Å²) in [6.45, 7) is 1.72. The second kappa shape index (κ2) is 9.04. The number of nitrogens with two attached hydrogens (primary N) is 1. The summed E-state index contributed by atoms with van der Waals surface area (Å²) in [5.74, 6) is -0.245. The van der Waals surface area contributed by atoms with Crippen LogP contribution in [0.5, 0.6) is 0 Å². The Morgan fingerprint density at radius 1 is 1.57 bits per heavy atom. The van der Waals surface area contributed by atoms with E-state index in [1.165, 1.54) is 0 Å². The van der Waals surface area contributed by atoms with Crippen LogP contribution in [0.4, 0.5) is 0 Å². The van der Waals surface area contributed by atoms with Crippen molar-refractivity contribution >= 4 is 5.91 Å². The molecule has 0 bridgehead atoms. The molecule has 0 saturated carbocycles. The van der Waals surface area contributed by atoms with Gasteiger partial charge in [0.05, 0.1) is 0 Å². The maximum atomic E-state index is 9.59. The highest BCUT2D eigenvalue weighted by Crippen LogP contribution is 1.63. The molecule has 0 unspecified atom stereocenters. The molecule has 0 aromatic carbocycles. The summed E-state index contributed by atoms with van der Waals surface area (Å²) in [5.41, 5.74) is 4.65. The Morgan fingerprint density at radius 3 is 1.71 bits per heavy atom. The average Bonchev–Trinajstić information content (AvgIpc) is 1.38. The first-order valence-electron chi connectivity index (χ1n) is 1.55. The largest absolute Gasteiger partial charge is 0.412 e. The van der Waals surface area contributed by atoms with E-state index < -0.39 is 0 Å². The molecule has 0 aliphatic carbocycles. The highest BCUT2D eigenvalue weighted by atomic mass is 16.1. The lowest BCUT2D eigenvalue weighted by molar-refractivity contribution is -0.117. The smallest absolute Gasteiger partial charge is 0.217 e. The molecule has 6 N–H and O–H groups in total. The van der Waals surface area contributed by atoms with E-state index in [9.17, 15) is 4.79 Å². The summed E-state index contributed by atoms with van der Waals surface area (Å²) in [6.07, 6.45) is 0.444. The van der Waals surface area contributed by atoms with Gasteiger partial charge in [-0.3, -0.25) is 4.79 Å². The number of carbonyl (C=O) groups is 1. The van der Waals surface area contributed by atoms with E-state index in [1.54, 1.807) is 6.92 Å². The summed E-state index contributed by atoms with van der Waals surface area (Å²) in [7, 11) is 0. The zero-order valence-corrected chi connectivity index (χ0v) is 4.19. The van der Waals surface area contributed by atoms with E-state index in [-0.39, 0.29) is 16.9 Å². The van der Waals surface area contributed by atoms with Gasteiger partial charge in [-0.2, -0.15) is 0 Å². The second-order valence-electron chi connectivity index (χ2n) is 0.820. The standard InChI is InChI=1S/C3H7NO.2H2O/c1-2-3(4)5;;/h2H2,1H3,(H2,4,5);2*1H2. The summed E-state index contributed by atoms with van der Waals surface area (Å²) in [4.78, 5) is 9.59. The van der Waals surface area contributed by atoms with Gasteiger partial charge in [-0.1, -0.05) is 6.92 Å². The zero-order valence-electron chi connectivity index (χ0n) is 4.19. The Bertz CT molecular complexity index is 45.4. The van der Waals surface area contributed by atoms with Crippen LogP contribution in [0.15, 0.2) is 0 Å². The predicted octanol–water partition coefficient (Wildman–Crippen LogP) is -1.77. The van der Waals surface area contributed by atoms with Crippen LogP contribution in [0, 0.1) is 0 Å². The lowest BCUT2D eigenvalue weighted by Crippen LogP contribution is -2.06. The van der Waals surface area contributed by atoms with Crippen LogP contribution < -0.4 is 5.73 Å². The van der Waals surface area contributed by atoms with Crippen LogP contribution in [-0.4, -0.2) is 16.9 Å². The molecule has 0 saturated heterocycles. The van der Waals surface area contributed by atoms with Gasteiger partial charge in [0, 0.05) is 6.42 Å². The molecule has 46 valence electrons. The fraction of sp³-hybridized carbons (Fsp3) is 0.667. The van der Waals surface area contributed by atoms with Crippen LogP contribution in [-0.2, 0) is 4.79 Å². The molecule has 0 fully saturated rings. The molecule has 0 aromatic heterocycles. The molecule has 0 radical (unpaired) electrons. The van der Waals surface area contributed by atoms with Crippen molar-refractivity contribution in [3.8, 4) is 0 Å². The minimum absolute atomic E-state index is 0. The number of rotatable bonds is 1. The molecule has 0 atom stereocenters. The highest BCUT2D eigenvalue weighted by molar-refractivity contribution is 5.73. The predicted molar refractivity (Wildman–Crippen MR) is 26.7 cm³/mol. The number of primary amides is 1. The van der Waals surface area contributed by atoms with Crippen molar-refractivity contribution < 1.29 is 15.7 Å². The van der Waals surface area contributed by atoms with E-state index in [0.717, 1.165) is 0 Å². The normalized spacial score (nSPS) is 5.29. The average molecular weight is 109 g/mol. The maximum Gasteiger partial charge on any atom is 0.217 e. The van der Waals surface area contributed by atoms with Gasteiger partial charge in [0.1, 0.15) is 0 Å². The van der Waals surface area contributed by atoms with Crippen LogP contribution >= 0.6 is 0 Å². The van der Waals surface area contributed by atoms with Gasteiger partial charge in [-0.15, -0.1) is 0 Å². The van der Waals surface area contributed by atoms with Gasteiger partial charge in [-0.05, 0) is 0 Å². The SMILES string of the molecule is CCC(N)=O.O.O. The molecule has 0 spiro atoms. The molecular formula is C3H11NO3. The van der Waals surface area contributed by atoms with Crippen LogP contribution in [0.2, 0.25) is 0 Å². The molecule has 4 nitrogen and oxygen atoms in total. The Balaban J connectivity index is -0.0000000800. The first kappa shape index (κ1) is 16.2. The number of hydrogen-bond donors (Lipinski definition) is 1. The Hall–Kier alpha value is -0.610. The van der Waals surface area contributed by atoms with Crippen LogP contribution in [0.1, 0.15) is 13.3 Å². The van der Waals surface area contributed by atoms with E-state index in [1.807, 2.05) is 0 Å². The van der Waals surface area contributed by atoms with Crippen molar-refractivity contribution in [1.82, 2.24) is 0 Å². The third-order valence-electron chi connectivity index (χ3n) is 0.348. The minimum Gasteiger partial charge on any atom is -0.412 e. The quantitative estimate of drug-likeness (QED) is 0.422. The summed E-state index contributed by atoms with van der Waals surface area (Å²) >= 11 is 0. The minimum atomic E-state index is -0.245. The van der Waals surface area contributed by atoms with Crippen molar-refractivity contribution in [2.45, 2.75) is 13.3 Å². The van der Waals surface area contributed by atoms with Gasteiger partial charge in [0.25, 0.3) is 0 Å². The van der Waals surface area contributed by atoms with Gasteiger partial charge in [-0.25, -0.2) is 0 Å². The third kappa shape index (κ3) is 32.1. The number of carbonyl (C=O) groups excluding carboxylic acids is 1. The summed E-state index contributed by atoms with van der Waals surface area (Å²) in [5, 5.41) is 0. The van der Waals surface area contributed by atoms with Crippen LogP contribution in [0.25, 0.3) is 0 Å². The second-order valence-corrected chi connectivity index (χ2v) is 0.820. The first-order chi connectivity index (χ1) is 2.27. The fourth-order valence-electron chi connectivity index (χ4n) is 0. The molecule has 7 heavy (non-hydrogen) atoms. The topological polar surface area (TPSA) is 106 Å². The third-order valence-corrected chi connectivity index (χ3v) is 0.348. The molecule has 0 aromatic rings. The Morgan fingerprint density at radius 2 is 1.71 bits per heavy atom. The molecule has 0 heterocycles. The number of hydrogen-bond acceptors (Lipinski definition) is 1. The number of amides is 1. The molecular weight excluding hydrogens is 98.0 g/mol. The van der Waals surface area contributed by atoms with Gasteiger partial charge in [0.15, 0.2) is 0 Å². The zero-order chi connectivity index (χ0) is 4.28. The maximum absolute atomic E-state index is 9.59. The van der Waals surface area contributed by atoms with Gasteiger partial charge in [0.2, 0.25) is 5.91 Å². The van der Waals surface area contributed by atoms with E-state index >= 15 is 0 Å². The Kier molecular flexibility index (Phi) is 20.9. The van der Waals surface area contributed by atoms with E-state index in [0.29, 0.717) is 6.42 Å². The first-order valence-corrected chi connectivity index (χ1v) is 1.55. The highest BCUT2D eigenvalue weighted by Gasteiger charge is 1.77. The molecule has 0 aliphatic heterocycles. The van der Waals surface area contributed by atoms with Crippen molar-refractivity contribution in [3.05, 3.63) is 0 Å². The van der Waals surface area contributed by atoms with Crippen LogP contribution in [0.3, 0.4) is 0 Å². The lowest BCUT2D eigenvalue weighted by Gasteiger charge is -1.73. The summed E-state index contributed by atoms with van der Waals surface area (Å²) < 4.78 is 0. The van der Waals surface area contributed by atoms with Gasteiger partial charge >= 0.3 is 0 Å². The summed E-state index contributed by atoms with van der Waals surface area (Å²) in [6, 6.07) is 0. The molecule has 0 rings (SSSR count). The fourth-order valence-corrected chi connectivity index (χ4v) is 0. The molecule has 1 amide bonds. The van der Waals surface area contributed by atoms with Crippen molar-refractivity contribution in [2.75, 3.05) is 0 Å². The molecule has 4 heteroatoms. The van der Waals surface area contributed by atoms with Crippen molar-refractivity contribution in [2.24, 2.45) is 5.73 Å².